The zero-order chi connectivity index (χ0) is 21.7. The molecule has 0 bridgehead atoms. The van der Waals surface area contributed by atoms with Crippen LogP contribution in [0.5, 0.6) is 5.75 Å². The summed E-state index contributed by atoms with van der Waals surface area (Å²) in [6.07, 6.45) is 1.64. The number of aliphatic imine (C=N–C) groups is 1. The van der Waals surface area contributed by atoms with Crippen LogP contribution in [0.4, 0.5) is 5.69 Å². The van der Waals surface area contributed by atoms with Gasteiger partial charge in [0.15, 0.2) is 11.8 Å². The maximum atomic E-state index is 12.8. The van der Waals surface area contributed by atoms with Gasteiger partial charge in [-0.15, -0.1) is 0 Å². The highest BCUT2D eigenvalue weighted by molar-refractivity contribution is 8.18. The summed E-state index contributed by atoms with van der Waals surface area (Å²) < 4.78 is 5.29. The lowest BCUT2D eigenvalue weighted by Gasteiger charge is -2.12. The molecule has 1 aliphatic heterocycles. The topological polar surface area (TPSA) is 117 Å². The third-order valence-corrected chi connectivity index (χ3v) is 5.11. The van der Waals surface area contributed by atoms with Crippen LogP contribution in [0.2, 0.25) is 0 Å². The van der Waals surface area contributed by atoms with Gasteiger partial charge in [0.25, 0.3) is 5.91 Å². The number of carbonyl (C=O) groups excluding carboxylic acids is 1. The number of thioether (sulfide) groups is 1. The fourth-order valence-corrected chi connectivity index (χ4v) is 3.72. The van der Waals surface area contributed by atoms with Crippen LogP contribution in [0.3, 0.4) is 0 Å². The molecule has 2 aromatic carbocycles. The van der Waals surface area contributed by atoms with Crippen LogP contribution in [0.1, 0.15) is 22.8 Å². The van der Waals surface area contributed by atoms with Crippen molar-refractivity contribution in [3.63, 3.8) is 0 Å². The van der Waals surface area contributed by atoms with Crippen molar-refractivity contribution in [1.29, 1.82) is 0 Å². The number of carbonyl (C=O) groups is 3. The van der Waals surface area contributed by atoms with E-state index in [1.165, 1.54) is 28.8 Å². The first kappa shape index (κ1) is 21.1. The Kier molecular flexibility index (Phi) is 6.53. The van der Waals surface area contributed by atoms with Crippen molar-refractivity contribution >= 4 is 46.5 Å². The van der Waals surface area contributed by atoms with E-state index in [0.717, 1.165) is 0 Å². The summed E-state index contributed by atoms with van der Waals surface area (Å²) in [5.41, 5.74) is 1.26. The Morgan fingerprint density at radius 1 is 1.13 bits per heavy atom. The van der Waals surface area contributed by atoms with E-state index in [1.54, 1.807) is 42.5 Å². The predicted octanol–water partition coefficient (Wildman–Crippen LogP) is 3.47. The van der Waals surface area contributed by atoms with Crippen molar-refractivity contribution in [1.82, 2.24) is 4.90 Å². The Balaban J connectivity index is 1.89. The molecule has 30 heavy (non-hydrogen) atoms. The van der Waals surface area contributed by atoms with Crippen LogP contribution in [-0.2, 0) is 9.59 Å². The van der Waals surface area contributed by atoms with Crippen LogP contribution in [-0.4, -0.2) is 51.3 Å². The monoisotopic (exact) mass is 426 g/mol. The van der Waals surface area contributed by atoms with E-state index in [0.29, 0.717) is 33.6 Å². The quantitative estimate of drug-likeness (QED) is 0.651. The number of hydrogen-bond acceptors (Lipinski definition) is 6. The van der Waals surface area contributed by atoms with Gasteiger partial charge in [0, 0.05) is 12.1 Å². The van der Waals surface area contributed by atoms with Crippen LogP contribution in [0, 0.1) is 0 Å². The Hall–Kier alpha value is -3.59. The molecule has 1 aliphatic rings. The zero-order valence-corrected chi connectivity index (χ0v) is 16.8. The molecule has 1 amide bonds. The van der Waals surface area contributed by atoms with Crippen molar-refractivity contribution in [3.05, 3.63) is 64.6 Å². The molecule has 1 fully saturated rings. The number of benzene rings is 2. The van der Waals surface area contributed by atoms with Gasteiger partial charge in [0.05, 0.1) is 16.2 Å². The first-order valence-electron chi connectivity index (χ1n) is 8.96. The largest absolute Gasteiger partial charge is 0.481 e. The number of ether oxygens (including phenoxy) is 1. The number of likely N-dealkylation sites (N-methyl/N-ethyl adjacent to an activating group) is 1. The van der Waals surface area contributed by atoms with Gasteiger partial charge in [-0.3, -0.25) is 9.69 Å². The molecule has 3 rings (SSSR count). The van der Waals surface area contributed by atoms with Crippen molar-refractivity contribution < 1.29 is 29.3 Å². The number of hydrogen-bond donors (Lipinski definition) is 2. The van der Waals surface area contributed by atoms with Gasteiger partial charge in [-0.2, -0.15) is 0 Å². The maximum Gasteiger partial charge on any atom is 0.341 e. The summed E-state index contributed by atoms with van der Waals surface area (Å²) >= 11 is 1.18. The van der Waals surface area contributed by atoms with Gasteiger partial charge in [0.1, 0.15) is 5.75 Å². The number of nitrogens with zero attached hydrogens (tertiary/aromatic N) is 2. The predicted molar refractivity (Wildman–Crippen MR) is 113 cm³/mol. The molecule has 0 saturated carbocycles. The molecule has 1 heterocycles. The molecule has 9 heteroatoms. The Labute approximate surface area is 176 Å². The maximum absolute atomic E-state index is 12.8. The molecule has 0 spiro atoms. The lowest BCUT2D eigenvalue weighted by atomic mass is 10.2. The normalized spacial score (nSPS) is 16.3. The minimum Gasteiger partial charge on any atom is -0.481 e. The third kappa shape index (κ3) is 4.87. The Bertz CT molecular complexity index is 1050. The van der Waals surface area contributed by atoms with Crippen molar-refractivity contribution in [2.75, 3.05) is 13.2 Å². The van der Waals surface area contributed by atoms with Crippen LogP contribution < -0.4 is 4.74 Å². The van der Waals surface area contributed by atoms with Gasteiger partial charge >= 0.3 is 11.9 Å². The lowest BCUT2D eigenvalue weighted by molar-refractivity contribution is -0.139. The lowest BCUT2D eigenvalue weighted by Crippen LogP contribution is -2.28. The number of rotatable bonds is 7. The first-order valence-corrected chi connectivity index (χ1v) is 9.77. The van der Waals surface area contributed by atoms with E-state index >= 15 is 0 Å². The van der Waals surface area contributed by atoms with E-state index in [2.05, 4.69) is 4.99 Å². The molecule has 2 aromatic rings. The number of aromatic carboxylic acids is 1. The molecule has 1 saturated heterocycles. The summed E-state index contributed by atoms with van der Waals surface area (Å²) in [5.74, 6) is -1.98. The molecule has 0 radical (unpaired) electrons. The van der Waals surface area contributed by atoms with Gasteiger partial charge in [-0.25, -0.2) is 14.6 Å². The smallest absolute Gasteiger partial charge is 0.341 e. The van der Waals surface area contributed by atoms with Crippen LogP contribution in [0.15, 0.2) is 58.4 Å². The van der Waals surface area contributed by atoms with Gasteiger partial charge < -0.3 is 14.9 Å². The van der Waals surface area contributed by atoms with Crippen LogP contribution in [0.25, 0.3) is 6.08 Å². The molecular formula is C21H18N2O6S. The highest BCUT2D eigenvalue weighted by Crippen LogP contribution is 2.35. The molecule has 0 unspecified atom stereocenters. The number of aliphatic carboxylic acids is 1. The SMILES string of the molecule is CCN1C(=O)/C(=C/c2ccccc2OCC(=O)O)SC1=Nc1ccc(C(=O)O)cc1. The summed E-state index contributed by atoms with van der Waals surface area (Å²) in [5, 5.41) is 18.3. The standard InChI is InChI=1S/C21H18N2O6S/c1-2-23-19(26)17(11-14-5-3-4-6-16(14)29-12-18(24)25)30-21(23)22-15-9-7-13(8-10-15)20(27)28/h3-11H,2,12H2,1H3,(H,24,25)(H,27,28)/b17-11-,22-21?. The highest BCUT2D eigenvalue weighted by Gasteiger charge is 2.32. The fourth-order valence-electron chi connectivity index (χ4n) is 2.67. The first-order chi connectivity index (χ1) is 14.4. The van der Waals surface area contributed by atoms with Crippen molar-refractivity contribution in [3.8, 4) is 5.75 Å². The third-order valence-electron chi connectivity index (χ3n) is 4.10. The van der Waals surface area contributed by atoms with E-state index < -0.39 is 18.5 Å². The zero-order valence-electron chi connectivity index (χ0n) is 15.9. The summed E-state index contributed by atoms with van der Waals surface area (Å²) in [4.78, 5) is 41.0. The minimum absolute atomic E-state index is 0.153. The molecule has 8 nitrogen and oxygen atoms in total. The number of para-hydroxylation sites is 1. The average Bonchev–Trinajstić information content (AvgIpc) is 3.01. The van der Waals surface area contributed by atoms with Crippen molar-refractivity contribution in [2.45, 2.75) is 6.92 Å². The molecule has 0 aliphatic carbocycles. The average molecular weight is 426 g/mol. The van der Waals surface area contributed by atoms with E-state index in [9.17, 15) is 14.4 Å². The number of carboxylic acid groups (broad SMARTS) is 2. The second-order valence-electron chi connectivity index (χ2n) is 6.13. The van der Waals surface area contributed by atoms with E-state index in [4.69, 9.17) is 14.9 Å². The van der Waals surface area contributed by atoms with E-state index in [1.807, 2.05) is 6.92 Å². The summed E-state index contributed by atoms with van der Waals surface area (Å²) in [6.45, 7) is 1.75. The highest BCUT2D eigenvalue weighted by atomic mass is 32.2. The molecule has 0 aromatic heterocycles. The number of carboxylic acids is 2. The summed E-state index contributed by atoms with van der Waals surface area (Å²) in [7, 11) is 0. The Morgan fingerprint density at radius 3 is 2.47 bits per heavy atom. The van der Waals surface area contributed by atoms with Gasteiger partial charge in [-0.05, 0) is 55.1 Å². The second-order valence-corrected chi connectivity index (χ2v) is 7.14. The molecule has 2 N–H and O–H groups in total. The van der Waals surface area contributed by atoms with Crippen molar-refractivity contribution in [2.24, 2.45) is 4.99 Å². The number of amides is 1. The van der Waals surface area contributed by atoms with E-state index in [-0.39, 0.29) is 11.5 Å². The van der Waals surface area contributed by atoms with Crippen LogP contribution >= 0.6 is 11.8 Å². The van der Waals surface area contributed by atoms with Gasteiger partial charge in [0.2, 0.25) is 0 Å². The summed E-state index contributed by atoms with van der Waals surface area (Å²) in [6, 6.07) is 12.9. The Morgan fingerprint density at radius 2 is 1.83 bits per heavy atom. The second kappa shape index (κ2) is 9.27. The minimum atomic E-state index is -1.09. The van der Waals surface area contributed by atoms with Gasteiger partial charge in [-0.1, -0.05) is 18.2 Å². The fraction of sp³-hybridized carbons (Fsp3) is 0.143. The number of amidine groups is 1. The molecule has 0 atom stereocenters. The molecular weight excluding hydrogens is 408 g/mol. The molecule has 154 valence electrons.